The molecular formula is C50H70N10O12S. The molecule has 4 aromatic rings. The van der Waals surface area contributed by atoms with Crippen LogP contribution in [0.15, 0.2) is 60.8 Å². The summed E-state index contributed by atoms with van der Waals surface area (Å²) in [7, 11) is 0. The third-order valence-corrected chi connectivity index (χ3v) is 13.6. The van der Waals surface area contributed by atoms with Crippen molar-refractivity contribution < 1.29 is 58.8 Å². The topological polar surface area (TPSA) is 362 Å². The largest absolute Gasteiger partial charge is 0.396 e. The van der Waals surface area contributed by atoms with E-state index in [0.717, 1.165) is 11.1 Å². The molecular weight excluding hydrogens is 965 g/mol. The molecule has 0 unspecified atom stereocenters. The van der Waals surface area contributed by atoms with E-state index in [1.807, 2.05) is 44.2 Å². The van der Waals surface area contributed by atoms with Gasteiger partial charge in [0, 0.05) is 79.1 Å². The van der Waals surface area contributed by atoms with Crippen molar-refractivity contribution in [2.75, 3.05) is 30.8 Å². The normalized spacial score (nSPS) is 15.7. The smallest absolute Gasteiger partial charge is 0.263 e. The lowest BCUT2D eigenvalue weighted by Crippen LogP contribution is -2.51. The molecule has 0 fully saturated rings. The summed E-state index contributed by atoms with van der Waals surface area (Å²) in [6.45, 7) is 5.85. The fraction of sp³-hybridized carbons (Fsp3) is 0.540. The molecule has 2 aromatic heterocycles. The van der Waals surface area contributed by atoms with Crippen molar-refractivity contribution in [1.29, 1.82) is 0 Å². The van der Waals surface area contributed by atoms with Gasteiger partial charge in [0.1, 0.15) is 11.8 Å². The van der Waals surface area contributed by atoms with E-state index in [2.05, 4.69) is 46.9 Å². The molecule has 0 bridgehead atoms. The Bertz CT molecular complexity index is 2450. The number of para-hydroxylation sites is 1. The number of nitrogens with zero attached hydrogens (tertiary/aromatic N) is 3. The third kappa shape index (κ3) is 18.6. The van der Waals surface area contributed by atoms with Gasteiger partial charge in [-0.25, -0.2) is 0 Å². The lowest BCUT2D eigenvalue weighted by atomic mass is 9.88. The van der Waals surface area contributed by atoms with E-state index in [1.165, 1.54) is 32.5 Å². The maximum Gasteiger partial charge on any atom is 0.263 e. The van der Waals surface area contributed by atoms with Gasteiger partial charge in [0.15, 0.2) is 23.1 Å². The number of amides is 3. The predicted molar refractivity (Wildman–Crippen MR) is 271 cm³/mol. The van der Waals surface area contributed by atoms with Crippen molar-refractivity contribution in [3.8, 4) is 0 Å². The Labute approximate surface area is 427 Å². The highest BCUT2D eigenvalue weighted by atomic mass is 32.2. The average molecular weight is 1040 g/mol. The average Bonchev–Trinajstić information content (AvgIpc) is 4.04. The highest BCUT2D eigenvalue weighted by Crippen LogP contribution is 2.24. The van der Waals surface area contributed by atoms with Crippen molar-refractivity contribution in [2.24, 2.45) is 35.3 Å². The molecule has 398 valence electrons. The fourth-order valence-corrected chi connectivity index (χ4v) is 9.15. The minimum atomic E-state index is -1.52. The number of nitrogens with one attached hydrogen (secondary N) is 6. The van der Waals surface area contributed by atoms with E-state index < -0.39 is 133 Å². The molecule has 0 saturated carbocycles. The van der Waals surface area contributed by atoms with E-state index in [1.54, 1.807) is 30.5 Å². The van der Waals surface area contributed by atoms with Gasteiger partial charge in [0.25, 0.3) is 5.95 Å². The molecule has 0 aliphatic rings. The van der Waals surface area contributed by atoms with Gasteiger partial charge in [-0.1, -0.05) is 67.5 Å². The molecule has 2 aromatic carbocycles. The Morgan fingerprint density at radius 2 is 1.30 bits per heavy atom. The van der Waals surface area contributed by atoms with Crippen molar-refractivity contribution in [3.63, 3.8) is 0 Å². The van der Waals surface area contributed by atoms with Gasteiger partial charge in [-0.2, -0.15) is 17.0 Å². The number of nitrogens with two attached hydrogens (primary N) is 1. The van der Waals surface area contributed by atoms with E-state index in [4.69, 9.17) is 5.73 Å². The third-order valence-electron chi connectivity index (χ3n) is 12.5. The van der Waals surface area contributed by atoms with Gasteiger partial charge in [0.2, 0.25) is 17.7 Å². The number of carbonyl (C=O) groups is 8. The standard InChI is InChI=1S/C50H70N10O12S/c1-27(2)15-32(17-45(69)46(51)30(5)65)47(70)56-41(26-73-25-31-11-7-6-8-12-31)44(68)20-37(29(4)64)49(72)54-39(16-34-22-52-38-14-10-9-13-36(34)38)42(66)19-35(23-61)48(71)55-40(24-62)43(67)18-33(28(3)63)21-53-50-57-59-60-58-50/h6-14,22,27,29-30,32-33,35,37,39-41,46,52,61-62,64-65H,15-21,23-26,51H2,1-5H3,(H,54,72)(H,55,71)(H,56,70)(H2,53,57,58,59,60)/t29-,30-,32-,33+,35+,37+,39+,40+,41+,46+/m1/s1. The number of rotatable bonds is 34. The van der Waals surface area contributed by atoms with Crippen LogP contribution in [0.3, 0.4) is 0 Å². The monoisotopic (exact) mass is 1030 g/mol. The van der Waals surface area contributed by atoms with Gasteiger partial charge in [-0.05, 0) is 55.5 Å². The van der Waals surface area contributed by atoms with Crippen LogP contribution in [0.2, 0.25) is 0 Å². The molecule has 2 heterocycles. The van der Waals surface area contributed by atoms with Crippen LogP contribution >= 0.6 is 11.8 Å². The number of fused-ring (bicyclic) bond motifs is 1. The molecule has 12 N–H and O–H groups in total. The highest BCUT2D eigenvalue weighted by Gasteiger charge is 2.37. The van der Waals surface area contributed by atoms with Gasteiger partial charge in [-0.15, -0.1) is 5.10 Å². The number of aliphatic hydroxyl groups is 4. The molecule has 22 nitrogen and oxygen atoms in total. The zero-order valence-electron chi connectivity index (χ0n) is 41.8. The zero-order chi connectivity index (χ0) is 53.8. The predicted octanol–water partition coefficient (Wildman–Crippen LogP) is 0.734. The van der Waals surface area contributed by atoms with Crippen molar-refractivity contribution in [1.82, 2.24) is 41.6 Å². The summed E-state index contributed by atoms with van der Waals surface area (Å²) < 4.78 is 0. The van der Waals surface area contributed by atoms with Crippen molar-refractivity contribution in [3.05, 3.63) is 71.9 Å². The summed E-state index contributed by atoms with van der Waals surface area (Å²) >= 11 is 1.34. The highest BCUT2D eigenvalue weighted by molar-refractivity contribution is 7.98. The van der Waals surface area contributed by atoms with Crippen molar-refractivity contribution >= 4 is 75.3 Å². The summed E-state index contributed by atoms with van der Waals surface area (Å²) in [5, 5.41) is 66.1. The van der Waals surface area contributed by atoms with Crippen LogP contribution in [-0.4, -0.2) is 155 Å². The number of Topliss-reactive ketones (excluding diaryl/α,β-unsaturated/α-hetero) is 5. The number of aromatic nitrogens is 5. The molecule has 0 aliphatic heterocycles. The van der Waals surface area contributed by atoms with Crippen LogP contribution in [0.4, 0.5) is 5.95 Å². The molecule has 4 rings (SSSR count). The first-order valence-corrected chi connectivity index (χ1v) is 25.4. The number of tetrazole rings is 1. The van der Waals surface area contributed by atoms with E-state index in [-0.39, 0.29) is 49.2 Å². The second-order valence-corrected chi connectivity index (χ2v) is 19.9. The molecule has 0 saturated heterocycles. The maximum absolute atomic E-state index is 14.4. The molecule has 73 heavy (non-hydrogen) atoms. The Morgan fingerprint density at radius 1 is 0.699 bits per heavy atom. The minimum absolute atomic E-state index is 0.0461. The Kier molecular flexibility index (Phi) is 23.9. The molecule has 0 spiro atoms. The maximum atomic E-state index is 14.4. The summed E-state index contributed by atoms with van der Waals surface area (Å²) in [4.78, 5) is 113. The number of aromatic amines is 2. The quantitative estimate of drug-likeness (QED) is 0.0307. The first kappa shape index (κ1) is 59.3. The lowest BCUT2D eigenvalue weighted by Gasteiger charge is -2.27. The number of thioether (sulfide) groups is 1. The first-order valence-electron chi connectivity index (χ1n) is 24.2. The number of H-pyrrole nitrogens is 2. The number of aliphatic hydroxyl groups excluding tert-OH is 4. The van der Waals surface area contributed by atoms with Crippen LogP contribution < -0.4 is 27.0 Å². The number of hydrogen-bond acceptors (Lipinski definition) is 18. The van der Waals surface area contributed by atoms with Crippen LogP contribution in [-0.2, 0) is 50.5 Å². The molecule has 0 radical (unpaired) electrons. The SMILES string of the molecule is CC(=O)[C@H](CNc1nn[nH]n1)CC(=O)[C@H](CO)NC(=O)[C@H](CO)CC(=O)[C@H](Cc1c[nH]c2ccccc12)NC(=O)[C@@H](CC(=O)[C@H](CSCc1ccccc1)NC(=O)[C@@H](CC(=O)[C@@H](N)[C@@H](C)O)CC(C)C)[C@@H](C)O. The summed E-state index contributed by atoms with van der Waals surface area (Å²) in [6, 6.07) is 11.2. The van der Waals surface area contributed by atoms with Gasteiger partial charge in [0.05, 0.1) is 55.4 Å². The number of benzene rings is 2. The number of hydrogen-bond donors (Lipinski definition) is 11. The van der Waals surface area contributed by atoms with Gasteiger partial charge in [-0.3, -0.25) is 38.4 Å². The van der Waals surface area contributed by atoms with Crippen molar-refractivity contribution in [2.45, 2.75) is 115 Å². The molecule has 23 heteroatoms. The zero-order valence-corrected chi connectivity index (χ0v) is 42.6. The Balaban J connectivity index is 1.56. The van der Waals surface area contributed by atoms with Gasteiger partial charge < -0.3 is 52.4 Å². The first-order chi connectivity index (χ1) is 34.7. The van der Waals surface area contributed by atoms with E-state index >= 15 is 0 Å². The van der Waals surface area contributed by atoms with Crippen LogP contribution in [0.5, 0.6) is 0 Å². The van der Waals surface area contributed by atoms with Crippen LogP contribution in [0.1, 0.15) is 77.8 Å². The minimum Gasteiger partial charge on any atom is -0.396 e. The molecule has 0 aliphatic carbocycles. The number of ketones is 5. The second-order valence-electron chi connectivity index (χ2n) is 18.9. The lowest BCUT2D eigenvalue weighted by molar-refractivity contribution is -0.138. The van der Waals surface area contributed by atoms with Gasteiger partial charge >= 0.3 is 0 Å². The number of carbonyl (C=O) groups excluding carboxylic acids is 8. The van der Waals surface area contributed by atoms with Crippen LogP contribution in [0, 0.1) is 29.6 Å². The van der Waals surface area contributed by atoms with E-state index in [0.29, 0.717) is 16.7 Å². The van der Waals surface area contributed by atoms with Crippen LogP contribution in [0.25, 0.3) is 10.9 Å². The summed E-state index contributed by atoms with van der Waals surface area (Å²) in [5.74, 6) is -9.66. The second kappa shape index (κ2) is 29.5. The fourth-order valence-electron chi connectivity index (χ4n) is 8.10. The summed E-state index contributed by atoms with van der Waals surface area (Å²) in [6.07, 6.45) is -2.81. The summed E-state index contributed by atoms with van der Waals surface area (Å²) in [5.41, 5.74) is 8.17. The Morgan fingerprint density at radius 3 is 1.92 bits per heavy atom. The molecule has 3 amide bonds. The Hall–Kier alpha value is -6.24. The number of anilines is 1. The molecule has 10 atom stereocenters. The van der Waals surface area contributed by atoms with E-state index in [9.17, 15) is 58.8 Å².